The molecule has 0 amide bonds. The summed E-state index contributed by atoms with van der Waals surface area (Å²) in [6.07, 6.45) is 1.89. The van der Waals surface area contributed by atoms with Crippen LogP contribution in [0.4, 0.5) is 5.69 Å². The zero-order valence-corrected chi connectivity index (χ0v) is 16.0. The summed E-state index contributed by atoms with van der Waals surface area (Å²) in [7, 11) is 0. The van der Waals surface area contributed by atoms with Crippen molar-refractivity contribution in [1.29, 1.82) is 0 Å². The second kappa shape index (κ2) is 8.32. The monoisotopic (exact) mass is 358 g/mol. The highest BCUT2D eigenvalue weighted by atomic mass is 32.1. The molecular weight excluding hydrogens is 332 g/mol. The van der Waals surface area contributed by atoms with Crippen molar-refractivity contribution in [3.8, 4) is 0 Å². The molecule has 4 nitrogen and oxygen atoms in total. The average molecular weight is 359 g/mol. The van der Waals surface area contributed by atoms with Gasteiger partial charge in [-0.1, -0.05) is 12.1 Å². The number of hydrogen-bond acceptors (Lipinski definition) is 5. The molecule has 0 aliphatic rings. The Bertz CT molecular complexity index is 713. The third kappa shape index (κ3) is 6.36. The number of esters is 1. The molecule has 1 aromatic carbocycles. The van der Waals surface area contributed by atoms with Crippen LogP contribution in [-0.4, -0.2) is 17.6 Å². The Morgan fingerprint density at radius 3 is 2.52 bits per heavy atom. The Balaban J connectivity index is 2.13. The minimum atomic E-state index is -0.526. The molecule has 5 heteroatoms. The Hall–Kier alpha value is -2.11. The van der Waals surface area contributed by atoms with E-state index in [-0.39, 0.29) is 12.0 Å². The van der Waals surface area contributed by atoms with Crippen molar-refractivity contribution in [3.05, 3.63) is 57.8 Å². The van der Waals surface area contributed by atoms with Gasteiger partial charge in [-0.05, 0) is 73.9 Å². The quantitative estimate of drug-likeness (QED) is 0.461. The van der Waals surface area contributed by atoms with Crippen LogP contribution < -0.4 is 11.1 Å². The topological polar surface area (TPSA) is 64.3 Å². The zero-order chi connectivity index (χ0) is 18.4. The number of nitrogens with two attached hydrogens (primary N) is 1. The molecule has 1 aromatic heterocycles. The molecule has 0 bridgehead atoms. The summed E-state index contributed by atoms with van der Waals surface area (Å²) in [6.45, 7) is 8.24. The van der Waals surface area contributed by atoms with E-state index in [4.69, 9.17) is 10.5 Å². The van der Waals surface area contributed by atoms with Crippen LogP contribution in [0.15, 0.2) is 46.7 Å². The lowest BCUT2D eigenvalue weighted by Crippen LogP contribution is -2.34. The van der Waals surface area contributed by atoms with Crippen LogP contribution in [0.1, 0.15) is 38.8 Å². The first kappa shape index (κ1) is 19.2. The highest BCUT2D eigenvalue weighted by Gasteiger charge is 2.23. The number of nitrogens with one attached hydrogen (secondary N) is 1. The average Bonchev–Trinajstić information content (AvgIpc) is 3.03. The van der Waals surface area contributed by atoms with E-state index in [9.17, 15) is 4.79 Å². The maximum Gasteiger partial charge on any atom is 0.336 e. The summed E-state index contributed by atoms with van der Waals surface area (Å²) in [6, 6.07) is 9.54. The van der Waals surface area contributed by atoms with Gasteiger partial charge in [0.1, 0.15) is 5.60 Å². The fraction of sp³-hybridized carbons (Fsp3) is 0.350. The molecule has 0 radical (unpaired) electrons. The normalized spacial score (nSPS) is 13.5. The largest absolute Gasteiger partial charge is 0.457 e. The van der Waals surface area contributed by atoms with Crippen molar-refractivity contribution in [2.24, 2.45) is 0 Å². The Morgan fingerprint density at radius 1 is 1.28 bits per heavy atom. The second-order valence-corrected chi connectivity index (χ2v) is 7.78. The second-order valence-electron chi connectivity index (χ2n) is 7.00. The molecule has 1 heterocycles. The van der Waals surface area contributed by atoms with Gasteiger partial charge in [0.2, 0.25) is 0 Å². The van der Waals surface area contributed by atoms with Gasteiger partial charge in [-0.25, -0.2) is 4.79 Å². The maximum absolute atomic E-state index is 12.6. The van der Waals surface area contributed by atoms with Gasteiger partial charge < -0.3 is 15.8 Å². The summed E-state index contributed by atoms with van der Waals surface area (Å²) in [5.74, 6) is -0.295. The van der Waals surface area contributed by atoms with E-state index >= 15 is 0 Å². The number of thiophene rings is 1. The van der Waals surface area contributed by atoms with E-state index in [1.807, 2.05) is 74.9 Å². The highest BCUT2D eigenvalue weighted by molar-refractivity contribution is 7.08. The van der Waals surface area contributed by atoms with Gasteiger partial charge in [0.25, 0.3) is 0 Å². The number of nitrogen functional groups attached to an aromatic ring is 1. The molecule has 0 saturated carbocycles. The van der Waals surface area contributed by atoms with Gasteiger partial charge >= 0.3 is 5.97 Å². The fourth-order valence-corrected chi connectivity index (χ4v) is 2.87. The first-order valence-electron chi connectivity index (χ1n) is 8.29. The van der Waals surface area contributed by atoms with E-state index in [0.29, 0.717) is 12.1 Å². The van der Waals surface area contributed by atoms with Gasteiger partial charge in [-0.3, -0.25) is 0 Å². The highest BCUT2D eigenvalue weighted by Crippen LogP contribution is 2.18. The molecule has 2 rings (SSSR count). The number of rotatable bonds is 6. The van der Waals surface area contributed by atoms with Crippen molar-refractivity contribution in [3.63, 3.8) is 0 Å². The van der Waals surface area contributed by atoms with Crippen molar-refractivity contribution >= 4 is 29.1 Å². The van der Waals surface area contributed by atoms with Crippen LogP contribution in [0.2, 0.25) is 0 Å². The molecule has 0 fully saturated rings. The van der Waals surface area contributed by atoms with Crippen molar-refractivity contribution < 1.29 is 9.53 Å². The first-order chi connectivity index (χ1) is 11.7. The Labute approximate surface area is 153 Å². The molecule has 2 aromatic rings. The molecule has 0 aliphatic heterocycles. The number of anilines is 1. The van der Waals surface area contributed by atoms with E-state index in [1.165, 1.54) is 0 Å². The lowest BCUT2D eigenvalue weighted by atomic mass is 10.0. The molecule has 134 valence electrons. The number of carbonyl (C=O) groups is 1. The molecule has 1 unspecified atom stereocenters. The third-order valence-corrected chi connectivity index (χ3v) is 4.26. The van der Waals surface area contributed by atoms with Crippen LogP contribution in [0, 0.1) is 0 Å². The van der Waals surface area contributed by atoms with Crippen LogP contribution >= 0.6 is 11.3 Å². The number of ether oxygens (including phenoxy) is 1. The van der Waals surface area contributed by atoms with Crippen molar-refractivity contribution in [2.45, 2.75) is 45.9 Å². The summed E-state index contributed by atoms with van der Waals surface area (Å²) < 4.78 is 5.58. The van der Waals surface area contributed by atoms with E-state index < -0.39 is 5.60 Å². The third-order valence-electron chi connectivity index (χ3n) is 3.56. The molecular formula is C20H26N2O2S. The SMILES string of the molecule is CC(NCc1ccc(N)cc1)/C(=C\c1ccsc1)C(=O)OC(C)(C)C. The van der Waals surface area contributed by atoms with Gasteiger partial charge in [0, 0.05) is 18.3 Å². The summed E-state index contributed by atoms with van der Waals surface area (Å²) >= 11 is 1.60. The van der Waals surface area contributed by atoms with Gasteiger partial charge in [-0.15, -0.1) is 0 Å². The Kier molecular flexibility index (Phi) is 6.39. The lowest BCUT2D eigenvalue weighted by Gasteiger charge is -2.23. The summed E-state index contributed by atoms with van der Waals surface area (Å²) in [4.78, 5) is 12.6. The van der Waals surface area contributed by atoms with E-state index in [1.54, 1.807) is 11.3 Å². The lowest BCUT2D eigenvalue weighted by molar-refractivity contribution is -0.150. The molecule has 0 saturated heterocycles. The summed E-state index contributed by atoms with van der Waals surface area (Å²) in [5.41, 5.74) is 8.66. The van der Waals surface area contributed by atoms with Crippen LogP contribution in [-0.2, 0) is 16.1 Å². The maximum atomic E-state index is 12.6. The van der Waals surface area contributed by atoms with Crippen LogP contribution in [0.5, 0.6) is 0 Å². The minimum absolute atomic E-state index is 0.146. The van der Waals surface area contributed by atoms with Gasteiger partial charge in [-0.2, -0.15) is 11.3 Å². The first-order valence-corrected chi connectivity index (χ1v) is 9.24. The number of benzene rings is 1. The molecule has 25 heavy (non-hydrogen) atoms. The fourth-order valence-electron chi connectivity index (χ4n) is 2.25. The number of hydrogen-bond donors (Lipinski definition) is 2. The van der Waals surface area contributed by atoms with Crippen LogP contribution in [0.25, 0.3) is 6.08 Å². The van der Waals surface area contributed by atoms with Crippen molar-refractivity contribution in [2.75, 3.05) is 5.73 Å². The van der Waals surface area contributed by atoms with Crippen molar-refractivity contribution in [1.82, 2.24) is 5.32 Å². The standard InChI is InChI=1S/C20H26N2O2S/c1-14(22-12-15-5-7-17(21)8-6-15)18(11-16-9-10-25-13-16)19(23)24-20(2,3)4/h5-11,13-14,22H,12,21H2,1-4H3/b18-11+. The van der Waals surface area contributed by atoms with E-state index in [0.717, 1.165) is 16.8 Å². The zero-order valence-electron chi connectivity index (χ0n) is 15.2. The summed E-state index contributed by atoms with van der Waals surface area (Å²) in [5, 5.41) is 7.39. The molecule has 3 N–H and O–H groups in total. The minimum Gasteiger partial charge on any atom is -0.457 e. The predicted molar refractivity (Wildman–Crippen MR) is 105 cm³/mol. The molecule has 1 atom stereocenters. The van der Waals surface area contributed by atoms with Gasteiger partial charge in [0.15, 0.2) is 0 Å². The van der Waals surface area contributed by atoms with Gasteiger partial charge in [0.05, 0.1) is 5.57 Å². The molecule has 0 aliphatic carbocycles. The van der Waals surface area contributed by atoms with E-state index in [2.05, 4.69) is 5.32 Å². The van der Waals surface area contributed by atoms with Crippen LogP contribution in [0.3, 0.4) is 0 Å². The number of carbonyl (C=O) groups excluding carboxylic acids is 1. The smallest absolute Gasteiger partial charge is 0.336 e. The molecule has 0 spiro atoms. The predicted octanol–water partition coefficient (Wildman–Crippen LogP) is 4.23. The Morgan fingerprint density at radius 2 is 1.96 bits per heavy atom.